The van der Waals surface area contributed by atoms with Crippen molar-refractivity contribution in [2.24, 2.45) is 0 Å². The molecule has 2 aromatic carbocycles. The van der Waals surface area contributed by atoms with Gasteiger partial charge in [0, 0.05) is 49.4 Å². The Hall–Kier alpha value is -4.64. The Bertz CT molecular complexity index is 1260. The number of hydrogen-bond donors (Lipinski definition) is 2. The van der Waals surface area contributed by atoms with Gasteiger partial charge in [-0.3, -0.25) is 0 Å². The van der Waals surface area contributed by atoms with Crippen LogP contribution in [0.15, 0.2) is 72.9 Å². The van der Waals surface area contributed by atoms with Crippen LogP contribution in [0.4, 0.5) is 23.1 Å². The highest BCUT2D eigenvalue weighted by Crippen LogP contribution is 2.27. The maximum atomic E-state index is 8.95. The lowest BCUT2D eigenvalue weighted by Gasteiger charge is -2.13. The van der Waals surface area contributed by atoms with Gasteiger partial charge in [-0.05, 0) is 42.5 Å². The fourth-order valence-electron chi connectivity index (χ4n) is 3.03. The van der Waals surface area contributed by atoms with E-state index in [2.05, 4.69) is 20.3 Å². The van der Waals surface area contributed by atoms with Gasteiger partial charge < -0.3 is 20.7 Å². The lowest BCUT2D eigenvalue weighted by molar-refractivity contribution is 0.482. The molecule has 0 atom stereocenters. The standard InChI is InChI=1S/C24H21N7O/c1-31(2)19-7-3-16(4-8-19)22-14-23(30-24(26)29-22)28-17-5-9-20(10-6-17)32-21-11-12-27-18(13-21)15-25/h3-14H,1-2H3,(H3,26,28,29,30). The molecule has 0 bridgehead atoms. The van der Waals surface area contributed by atoms with Crippen LogP contribution in [0.2, 0.25) is 0 Å². The van der Waals surface area contributed by atoms with Gasteiger partial charge in [0.15, 0.2) is 0 Å². The number of ether oxygens (including phenoxy) is 1. The van der Waals surface area contributed by atoms with E-state index >= 15 is 0 Å². The average Bonchev–Trinajstić information content (AvgIpc) is 2.80. The third-order valence-corrected chi connectivity index (χ3v) is 4.63. The van der Waals surface area contributed by atoms with Gasteiger partial charge in [-0.1, -0.05) is 12.1 Å². The molecule has 0 aliphatic heterocycles. The molecule has 0 amide bonds. The van der Waals surface area contributed by atoms with E-state index in [9.17, 15) is 0 Å². The Morgan fingerprint density at radius 3 is 2.38 bits per heavy atom. The van der Waals surface area contributed by atoms with E-state index in [1.54, 1.807) is 12.1 Å². The summed E-state index contributed by atoms with van der Waals surface area (Å²) in [4.78, 5) is 14.6. The first-order valence-electron chi connectivity index (χ1n) is 9.83. The molecule has 0 saturated carbocycles. The number of benzene rings is 2. The summed E-state index contributed by atoms with van der Waals surface area (Å²) in [7, 11) is 3.99. The second kappa shape index (κ2) is 9.02. The van der Waals surface area contributed by atoms with Gasteiger partial charge in [0.25, 0.3) is 0 Å². The Morgan fingerprint density at radius 1 is 0.938 bits per heavy atom. The van der Waals surface area contributed by atoms with Gasteiger partial charge in [0.1, 0.15) is 29.1 Å². The number of pyridine rings is 1. The lowest BCUT2D eigenvalue weighted by Crippen LogP contribution is -2.08. The van der Waals surface area contributed by atoms with E-state index in [0.29, 0.717) is 23.0 Å². The lowest BCUT2D eigenvalue weighted by atomic mass is 10.1. The summed E-state index contributed by atoms with van der Waals surface area (Å²) >= 11 is 0. The van der Waals surface area contributed by atoms with Crippen molar-refractivity contribution in [2.75, 3.05) is 30.0 Å². The largest absolute Gasteiger partial charge is 0.457 e. The second-order valence-corrected chi connectivity index (χ2v) is 7.18. The van der Waals surface area contributed by atoms with E-state index < -0.39 is 0 Å². The minimum Gasteiger partial charge on any atom is -0.457 e. The van der Waals surface area contributed by atoms with E-state index in [1.165, 1.54) is 6.20 Å². The number of nitrogens with one attached hydrogen (secondary N) is 1. The molecule has 8 nitrogen and oxygen atoms in total. The molecule has 0 aliphatic carbocycles. The van der Waals surface area contributed by atoms with E-state index in [-0.39, 0.29) is 5.95 Å². The van der Waals surface area contributed by atoms with Crippen molar-refractivity contribution >= 4 is 23.1 Å². The fourth-order valence-corrected chi connectivity index (χ4v) is 3.03. The van der Waals surface area contributed by atoms with E-state index in [4.69, 9.17) is 15.7 Å². The first kappa shape index (κ1) is 20.6. The van der Waals surface area contributed by atoms with Crippen LogP contribution in [0.3, 0.4) is 0 Å². The molecule has 4 rings (SSSR count). The van der Waals surface area contributed by atoms with Crippen molar-refractivity contribution < 1.29 is 4.74 Å². The number of rotatable bonds is 6. The molecule has 0 unspecified atom stereocenters. The summed E-state index contributed by atoms with van der Waals surface area (Å²) in [5.41, 5.74) is 9.85. The zero-order valence-electron chi connectivity index (χ0n) is 17.6. The van der Waals surface area contributed by atoms with Crippen molar-refractivity contribution in [3.63, 3.8) is 0 Å². The molecule has 2 aromatic heterocycles. The molecule has 158 valence electrons. The summed E-state index contributed by atoms with van der Waals surface area (Å²) in [5.74, 6) is 1.96. The zero-order valence-corrected chi connectivity index (χ0v) is 17.6. The van der Waals surface area contributed by atoms with Crippen molar-refractivity contribution in [2.45, 2.75) is 0 Å². The number of anilines is 4. The molecule has 3 N–H and O–H groups in total. The van der Waals surface area contributed by atoms with Crippen LogP contribution in [0.5, 0.6) is 11.5 Å². The SMILES string of the molecule is CN(C)c1ccc(-c2cc(Nc3ccc(Oc4ccnc(C#N)c4)cc3)nc(N)n2)cc1. The molecule has 0 spiro atoms. The molecular formula is C24H21N7O. The van der Waals surface area contributed by atoms with Crippen LogP contribution in [0.25, 0.3) is 11.3 Å². The number of hydrogen-bond acceptors (Lipinski definition) is 8. The highest BCUT2D eigenvalue weighted by molar-refractivity contribution is 5.69. The smallest absolute Gasteiger partial charge is 0.222 e. The molecule has 0 radical (unpaired) electrons. The van der Waals surface area contributed by atoms with Crippen LogP contribution in [0.1, 0.15) is 5.69 Å². The molecular weight excluding hydrogens is 402 g/mol. The molecule has 2 heterocycles. The summed E-state index contributed by atoms with van der Waals surface area (Å²) < 4.78 is 5.78. The molecule has 8 heteroatoms. The minimum absolute atomic E-state index is 0.188. The Kier molecular flexibility index (Phi) is 5.81. The van der Waals surface area contributed by atoms with E-state index in [1.807, 2.05) is 79.7 Å². The number of nitrogens with two attached hydrogens (primary N) is 1. The van der Waals surface area contributed by atoms with Gasteiger partial charge in [-0.15, -0.1) is 0 Å². The molecule has 32 heavy (non-hydrogen) atoms. The van der Waals surface area contributed by atoms with Gasteiger partial charge in [-0.25, -0.2) is 9.97 Å². The fraction of sp³-hybridized carbons (Fsp3) is 0.0833. The van der Waals surface area contributed by atoms with Crippen molar-refractivity contribution in [1.29, 1.82) is 5.26 Å². The second-order valence-electron chi connectivity index (χ2n) is 7.18. The molecule has 4 aromatic rings. The molecule has 0 aliphatic rings. The van der Waals surface area contributed by atoms with Crippen molar-refractivity contribution in [1.82, 2.24) is 15.0 Å². The zero-order chi connectivity index (χ0) is 22.5. The van der Waals surface area contributed by atoms with Gasteiger partial charge in [0.2, 0.25) is 5.95 Å². The number of nitrogens with zero attached hydrogens (tertiary/aromatic N) is 5. The average molecular weight is 423 g/mol. The minimum atomic E-state index is 0.188. The first-order valence-corrected chi connectivity index (χ1v) is 9.83. The van der Waals surface area contributed by atoms with Crippen LogP contribution in [-0.4, -0.2) is 29.0 Å². The number of nitriles is 1. The van der Waals surface area contributed by atoms with Gasteiger partial charge >= 0.3 is 0 Å². The maximum absolute atomic E-state index is 8.95. The molecule has 0 fully saturated rings. The highest BCUT2D eigenvalue weighted by atomic mass is 16.5. The predicted octanol–water partition coefficient (Wildman–Crippen LogP) is 4.59. The van der Waals surface area contributed by atoms with Crippen molar-refractivity contribution in [3.05, 3.63) is 78.6 Å². The topological polar surface area (TPSA) is 113 Å². The Morgan fingerprint density at radius 2 is 1.69 bits per heavy atom. The van der Waals surface area contributed by atoms with Gasteiger partial charge in [0.05, 0.1) is 5.69 Å². The number of aromatic nitrogens is 3. The Balaban J connectivity index is 1.49. The monoisotopic (exact) mass is 423 g/mol. The molecule has 0 saturated heterocycles. The van der Waals surface area contributed by atoms with Crippen LogP contribution in [0, 0.1) is 11.3 Å². The van der Waals surface area contributed by atoms with Crippen molar-refractivity contribution in [3.8, 4) is 28.8 Å². The van der Waals surface area contributed by atoms with Crippen LogP contribution >= 0.6 is 0 Å². The van der Waals surface area contributed by atoms with Gasteiger partial charge in [-0.2, -0.15) is 10.2 Å². The maximum Gasteiger partial charge on any atom is 0.222 e. The summed E-state index contributed by atoms with van der Waals surface area (Å²) in [6.07, 6.45) is 1.54. The number of nitrogen functional groups attached to an aromatic ring is 1. The van der Waals surface area contributed by atoms with E-state index in [0.717, 1.165) is 22.6 Å². The third-order valence-electron chi connectivity index (χ3n) is 4.63. The Labute approximate surface area is 186 Å². The summed E-state index contributed by atoms with van der Waals surface area (Å²) in [5, 5.41) is 12.2. The van der Waals surface area contributed by atoms with Crippen LogP contribution in [-0.2, 0) is 0 Å². The summed E-state index contributed by atoms with van der Waals surface area (Å²) in [6.45, 7) is 0. The summed E-state index contributed by atoms with van der Waals surface area (Å²) in [6, 6.07) is 22.6. The highest BCUT2D eigenvalue weighted by Gasteiger charge is 2.07. The first-order chi connectivity index (χ1) is 15.5. The quantitative estimate of drug-likeness (QED) is 0.463. The van der Waals surface area contributed by atoms with Crippen LogP contribution < -0.4 is 20.7 Å². The third kappa shape index (κ3) is 4.91. The predicted molar refractivity (Wildman–Crippen MR) is 125 cm³/mol. The normalized spacial score (nSPS) is 10.3.